The van der Waals surface area contributed by atoms with E-state index in [1.54, 1.807) is 0 Å². The molecule has 0 fully saturated rings. The van der Waals surface area contributed by atoms with Crippen LogP contribution in [0.3, 0.4) is 0 Å². The van der Waals surface area contributed by atoms with Crippen molar-refractivity contribution in [2.75, 3.05) is 26.4 Å². The van der Waals surface area contributed by atoms with Gasteiger partial charge in [0.25, 0.3) is 0 Å². The van der Waals surface area contributed by atoms with Crippen molar-refractivity contribution in [2.45, 2.75) is 26.7 Å². The molecule has 0 saturated heterocycles. The number of hydrogen-bond acceptors (Lipinski definition) is 5. The van der Waals surface area contributed by atoms with E-state index in [0.717, 1.165) is 0 Å². The minimum atomic E-state index is -1.18. The van der Waals surface area contributed by atoms with Crippen LogP contribution in [0.4, 0.5) is 0 Å². The van der Waals surface area contributed by atoms with E-state index in [1.165, 1.54) is 0 Å². The van der Waals surface area contributed by atoms with Gasteiger partial charge in [-0.3, -0.25) is 0 Å². The monoisotopic (exact) mass is 254 g/mol. The molecular formula is C9H18O4S2. The molecule has 0 aliphatic carbocycles. The second-order valence-electron chi connectivity index (χ2n) is 2.54. The Morgan fingerprint density at radius 1 is 1.07 bits per heavy atom. The fraction of sp³-hybridized carbons (Fsp3) is 0.889. The number of thiocarbonyl (C=S) groups is 1. The summed E-state index contributed by atoms with van der Waals surface area (Å²) >= 11 is 8.55. The lowest BCUT2D eigenvalue weighted by atomic mass is 10.5. The van der Waals surface area contributed by atoms with E-state index in [9.17, 15) is 0 Å². The quantitative estimate of drug-likeness (QED) is 0.407. The van der Waals surface area contributed by atoms with Gasteiger partial charge in [0.15, 0.2) is 6.61 Å². The molecule has 0 atom stereocenters. The third-order valence-corrected chi connectivity index (χ3v) is 1.71. The molecule has 0 bridgehead atoms. The minimum Gasteiger partial charge on any atom is -0.470 e. The molecule has 0 radical (unpaired) electrons. The van der Waals surface area contributed by atoms with Crippen molar-refractivity contribution in [1.29, 1.82) is 0 Å². The molecule has 0 spiro atoms. The van der Waals surface area contributed by atoms with Gasteiger partial charge in [-0.15, -0.1) is 0 Å². The van der Waals surface area contributed by atoms with Crippen molar-refractivity contribution in [3.63, 3.8) is 0 Å². The highest BCUT2D eigenvalue weighted by atomic mass is 32.1. The minimum absolute atomic E-state index is 0.0743. The molecule has 0 unspecified atom stereocenters. The first kappa shape index (κ1) is 15.1. The summed E-state index contributed by atoms with van der Waals surface area (Å²) in [5, 5.41) is 0. The van der Waals surface area contributed by atoms with E-state index in [0.29, 0.717) is 19.8 Å². The molecule has 0 rings (SSSR count). The van der Waals surface area contributed by atoms with Crippen molar-refractivity contribution in [2.24, 2.45) is 0 Å². The summed E-state index contributed by atoms with van der Waals surface area (Å²) in [5.41, 5.74) is 0. The molecule has 6 heteroatoms. The molecule has 0 aromatic heterocycles. The SMILES string of the molecule is CCOC(COC(=S)S)(OCC)OCC. The Kier molecular flexibility index (Phi) is 8.36. The van der Waals surface area contributed by atoms with Crippen molar-refractivity contribution in [3.8, 4) is 0 Å². The topological polar surface area (TPSA) is 36.9 Å². The number of rotatable bonds is 8. The van der Waals surface area contributed by atoms with Crippen LogP contribution in [0.1, 0.15) is 20.8 Å². The van der Waals surface area contributed by atoms with Crippen LogP contribution in [-0.4, -0.2) is 36.8 Å². The predicted molar refractivity (Wildman–Crippen MR) is 65.1 cm³/mol. The van der Waals surface area contributed by atoms with Gasteiger partial charge in [0.05, 0.1) is 0 Å². The third kappa shape index (κ3) is 6.32. The van der Waals surface area contributed by atoms with Crippen LogP contribution < -0.4 is 0 Å². The molecule has 0 heterocycles. The van der Waals surface area contributed by atoms with Crippen LogP contribution >= 0.6 is 24.8 Å². The Bertz CT molecular complexity index is 170. The second kappa shape index (κ2) is 8.29. The van der Waals surface area contributed by atoms with Gasteiger partial charge in [0.2, 0.25) is 4.38 Å². The summed E-state index contributed by atoms with van der Waals surface area (Å²) in [5.74, 6) is -1.18. The van der Waals surface area contributed by atoms with Gasteiger partial charge < -0.3 is 18.9 Å². The van der Waals surface area contributed by atoms with Crippen LogP contribution in [0.5, 0.6) is 0 Å². The Morgan fingerprint density at radius 3 is 1.73 bits per heavy atom. The lowest BCUT2D eigenvalue weighted by molar-refractivity contribution is -0.385. The van der Waals surface area contributed by atoms with Crippen LogP contribution in [-0.2, 0) is 18.9 Å². The van der Waals surface area contributed by atoms with Crippen molar-refractivity contribution in [3.05, 3.63) is 0 Å². The van der Waals surface area contributed by atoms with E-state index in [-0.39, 0.29) is 11.0 Å². The summed E-state index contributed by atoms with van der Waals surface area (Å²) in [7, 11) is 0. The van der Waals surface area contributed by atoms with Gasteiger partial charge in [-0.1, -0.05) is 12.6 Å². The van der Waals surface area contributed by atoms with Gasteiger partial charge in [-0.25, -0.2) is 0 Å². The summed E-state index contributed by atoms with van der Waals surface area (Å²) in [6, 6.07) is 0. The van der Waals surface area contributed by atoms with Crippen molar-refractivity contribution >= 4 is 29.2 Å². The first-order valence-electron chi connectivity index (χ1n) is 4.87. The first-order chi connectivity index (χ1) is 7.10. The van der Waals surface area contributed by atoms with Crippen molar-refractivity contribution < 1.29 is 18.9 Å². The molecule has 0 aliphatic rings. The highest BCUT2D eigenvalue weighted by Gasteiger charge is 2.34. The summed E-state index contributed by atoms with van der Waals surface area (Å²) in [4.78, 5) is 0. The van der Waals surface area contributed by atoms with E-state index in [1.807, 2.05) is 20.8 Å². The molecule has 4 nitrogen and oxygen atoms in total. The van der Waals surface area contributed by atoms with Gasteiger partial charge in [0.1, 0.15) is 0 Å². The Balaban J connectivity index is 4.37. The highest BCUT2D eigenvalue weighted by Crippen LogP contribution is 2.16. The van der Waals surface area contributed by atoms with E-state index < -0.39 is 5.97 Å². The summed E-state index contributed by atoms with van der Waals surface area (Å²) in [6.07, 6.45) is 0. The zero-order valence-corrected chi connectivity index (χ0v) is 11.0. The van der Waals surface area contributed by atoms with Crippen LogP contribution in [0.25, 0.3) is 0 Å². The van der Waals surface area contributed by atoms with Gasteiger partial charge >= 0.3 is 5.97 Å². The molecule has 0 aliphatic heterocycles. The zero-order valence-electron chi connectivity index (χ0n) is 9.32. The van der Waals surface area contributed by atoms with Crippen molar-refractivity contribution in [1.82, 2.24) is 0 Å². The number of hydrogen-bond donors (Lipinski definition) is 1. The van der Waals surface area contributed by atoms with E-state index >= 15 is 0 Å². The zero-order chi connectivity index (χ0) is 11.7. The van der Waals surface area contributed by atoms with Crippen LogP contribution in [0, 0.1) is 0 Å². The molecule has 90 valence electrons. The first-order valence-corrected chi connectivity index (χ1v) is 5.73. The summed E-state index contributed by atoms with van der Waals surface area (Å²) in [6.45, 7) is 7.02. The highest BCUT2D eigenvalue weighted by molar-refractivity contribution is 8.10. The number of ether oxygens (including phenoxy) is 4. The van der Waals surface area contributed by atoms with Crippen LogP contribution in [0.15, 0.2) is 0 Å². The maximum Gasteiger partial charge on any atom is 0.319 e. The maximum absolute atomic E-state index is 5.40. The standard InChI is InChI=1S/C9H18O4S2/c1-4-11-9(12-5-2,13-6-3)7-10-8(14)15/h4-7H2,1-3H3,(H,14,15). The Hall–Kier alpha value is 0.120. The fourth-order valence-corrected chi connectivity index (χ4v) is 1.18. The molecule has 0 aromatic carbocycles. The Morgan fingerprint density at radius 2 is 1.47 bits per heavy atom. The predicted octanol–water partition coefficient (Wildman–Crippen LogP) is 1.98. The average molecular weight is 254 g/mol. The molecule has 15 heavy (non-hydrogen) atoms. The lowest BCUT2D eigenvalue weighted by Crippen LogP contribution is -2.44. The molecule has 0 N–H and O–H groups in total. The number of thiol groups is 1. The second-order valence-corrected chi connectivity index (χ2v) is 3.62. The van der Waals surface area contributed by atoms with E-state index in [2.05, 4.69) is 12.6 Å². The molecule has 0 aromatic rings. The van der Waals surface area contributed by atoms with E-state index in [4.69, 9.17) is 31.2 Å². The maximum atomic E-state index is 5.40. The van der Waals surface area contributed by atoms with Crippen LogP contribution in [0.2, 0.25) is 0 Å². The largest absolute Gasteiger partial charge is 0.470 e. The Labute approximate surface area is 102 Å². The third-order valence-electron chi connectivity index (χ3n) is 1.47. The average Bonchev–Trinajstić information content (AvgIpc) is 2.16. The van der Waals surface area contributed by atoms with Gasteiger partial charge in [-0.05, 0) is 33.0 Å². The smallest absolute Gasteiger partial charge is 0.319 e. The summed E-state index contributed by atoms with van der Waals surface area (Å²) < 4.78 is 21.4. The molecule has 0 amide bonds. The molecule has 0 saturated carbocycles. The molecular weight excluding hydrogens is 236 g/mol. The fourth-order valence-electron chi connectivity index (χ4n) is 1.06. The van der Waals surface area contributed by atoms with Gasteiger partial charge in [0, 0.05) is 19.8 Å². The van der Waals surface area contributed by atoms with Gasteiger partial charge in [-0.2, -0.15) is 0 Å². The lowest BCUT2D eigenvalue weighted by Gasteiger charge is -2.31. The normalized spacial score (nSPS) is 11.5.